The molecule has 0 bridgehead atoms. The Labute approximate surface area is 185 Å². The second kappa shape index (κ2) is 8.32. The van der Waals surface area contributed by atoms with E-state index in [0.717, 1.165) is 10.0 Å². The average molecular weight is 487 g/mol. The third-order valence-corrected chi connectivity index (χ3v) is 4.96. The molecule has 0 fully saturated rings. The Morgan fingerprint density at radius 2 is 1.90 bits per heavy atom. The Balaban J connectivity index is 1.49. The van der Waals surface area contributed by atoms with E-state index in [-0.39, 0.29) is 11.0 Å². The molecule has 0 saturated carbocycles. The number of oxazole rings is 1. The van der Waals surface area contributed by atoms with E-state index in [1.165, 1.54) is 0 Å². The van der Waals surface area contributed by atoms with Gasteiger partial charge in [0.2, 0.25) is 5.89 Å². The molecule has 0 aliphatic heterocycles. The third kappa shape index (κ3) is 4.64. The number of fused-ring (bicyclic) bond motifs is 1. The lowest BCUT2D eigenvalue weighted by Gasteiger charge is -2.10. The number of carbonyl (C=O) groups is 1. The topological polar surface area (TPSA) is 67.2 Å². The SMILES string of the molecule is O=C(NC(=S)Nc1cccc(-c2nc3cc(Cl)ccc3o2)c1)c1cccc(Br)c1. The fraction of sp³-hybridized carbons (Fsp3) is 0. The Hall–Kier alpha value is -2.74. The Morgan fingerprint density at radius 3 is 2.72 bits per heavy atom. The summed E-state index contributed by atoms with van der Waals surface area (Å²) in [4.78, 5) is 16.8. The van der Waals surface area contributed by atoms with Crippen LogP contribution in [0, 0.1) is 0 Å². The maximum Gasteiger partial charge on any atom is 0.257 e. The summed E-state index contributed by atoms with van der Waals surface area (Å²) in [6, 6.07) is 19.7. The van der Waals surface area contributed by atoms with Crippen molar-refractivity contribution in [3.63, 3.8) is 0 Å². The van der Waals surface area contributed by atoms with Gasteiger partial charge >= 0.3 is 0 Å². The Kier molecular flexibility index (Phi) is 5.62. The summed E-state index contributed by atoms with van der Waals surface area (Å²) in [5, 5.41) is 6.46. The Bertz CT molecular complexity index is 1240. The van der Waals surface area contributed by atoms with E-state index in [1.807, 2.05) is 30.3 Å². The molecule has 2 N–H and O–H groups in total. The number of thiocarbonyl (C=S) groups is 1. The van der Waals surface area contributed by atoms with Gasteiger partial charge in [0.15, 0.2) is 10.7 Å². The van der Waals surface area contributed by atoms with Gasteiger partial charge in [0, 0.05) is 26.3 Å². The van der Waals surface area contributed by atoms with Crippen molar-refractivity contribution in [1.82, 2.24) is 10.3 Å². The standard InChI is InChI=1S/C21H13BrClN3O2S/c22-14-5-1-3-12(9-14)19(27)26-21(29)24-16-6-2-4-13(10-16)20-25-17-11-15(23)7-8-18(17)28-20/h1-11H,(H2,24,26,27,29). The van der Waals surface area contributed by atoms with Crippen LogP contribution < -0.4 is 10.6 Å². The molecular formula is C21H13BrClN3O2S. The summed E-state index contributed by atoms with van der Waals surface area (Å²) in [5.74, 6) is 0.172. The second-order valence-electron chi connectivity index (χ2n) is 6.13. The molecule has 1 aromatic heterocycles. The van der Waals surface area contributed by atoms with Crippen LogP contribution in [0.4, 0.5) is 5.69 Å². The second-order valence-corrected chi connectivity index (χ2v) is 7.89. The highest BCUT2D eigenvalue weighted by atomic mass is 79.9. The molecule has 4 aromatic rings. The number of carbonyl (C=O) groups excluding carboxylic acids is 1. The molecule has 29 heavy (non-hydrogen) atoms. The first-order valence-electron chi connectivity index (χ1n) is 8.52. The zero-order valence-corrected chi connectivity index (χ0v) is 17.9. The van der Waals surface area contributed by atoms with Crippen molar-refractivity contribution in [3.05, 3.63) is 81.8 Å². The highest BCUT2D eigenvalue weighted by Gasteiger charge is 2.11. The van der Waals surface area contributed by atoms with Crippen molar-refractivity contribution in [2.45, 2.75) is 0 Å². The molecule has 0 radical (unpaired) electrons. The Morgan fingerprint density at radius 1 is 1.07 bits per heavy atom. The van der Waals surface area contributed by atoms with Gasteiger partial charge in [-0.3, -0.25) is 10.1 Å². The van der Waals surface area contributed by atoms with E-state index in [0.29, 0.717) is 33.3 Å². The minimum atomic E-state index is -0.296. The van der Waals surface area contributed by atoms with Crippen molar-refractivity contribution in [3.8, 4) is 11.5 Å². The number of anilines is 1. The maximum atomic E-state index is 12.3. The van der Waals surface area contributed by atoms with Gasteiger partial charge in [0.05, 0.1) is 0 Å². The highest BCUT2D eigenvalue weighted by Crippen LogP contribution is 2.27. The van der Waals surface area contributed by atoms with E-state index in [9.17, 15) is 4.79 Å². The summed E-state index contributed by atoms with van der Waals surface area (Å²) >= 11 is 14.6. The molecule has 1 amide bonds. The highest BCUT2D eigenvalue weighted by molar-refractivity contribution is 9.10. The number of hydrogen-bond donors (Lipinski definition) is 2. The minimum Gasteiger partial charge on any atom is -0.436 e. The molecule has 0 spiro atoms. The number of nitrogens with zero attached hydrogens (tertiary/aromatic N) is 1. The predicted molar refractivity (Wildman–Crippen MR) is 122 cm³/mol. The van der Waals surface area contributed by atoms with Crippen LogP contribution in [-0.2, 0) is 0 Å². The van der Waals surface area contributed by atoms with E-state index >= 15 is 0 Å². The zero-order chi connectivity index (χ0) is 20.4. The lowest BCUT2D eigenvalue weighted by molar-refractivity contribution is 0.0977. The lowest BCUT2D eigenvalue weighted by atomic mass is 10.2. The van der Waals surface area contributed by atoms with Crippen molar-refractivity contribution in [1.29, 1.82) is 0 Å². The third-order valence-electron chi connectivity index (χ3n) is 4.03. The molecule has 4 rings (SSSR count). The first-order chi connectivity index (χ1) is 14.0. The number of rotatable bonds is 3. The number of amides is 1. The zero-order valence-electron chi connectivity index (χ0n) is 14.8. The van der Waals surface area contributed by atoms with Gasteiger partial charge in [-0.2, -0.15) is 0 Å². The van der Waals surface area contributed by atoms with Crippen molar-refractivity contribution in [2.75, 3.05) is 5.32 Å². The van der Waals surface area contributed by atoms with Gasteiger partial charge in [0.1, 0.15) is 5.52 Å². The van der Waals surface area contributed by atoms with E-state index in [1.54, 1.807) is 36.4 Å². The van der Waals surface area contributed by atoms with Crippen LogP contribution in [0.5, 0.6) is 0 Å². The lowest BCUT2D eigenvalue weighted by Crippen LogP contribution is -2.34. The molecule has 1 heterocycles. The van der Waals surface area contributed by atoms with Crippen LogP contribution in [-0.4, -0.2) is 16.0 Å². The molecule has 144 valence electrons. The van der Waals surface area contributed by atoms with Crippen molar-refractivity contribution in [2.24, 2.45) is 0 Å². The van der Waals surface area contributed by atoms with Gasteiger partial charge in [-0.1, -0.05) is 39.7 Å². The van der Waals surface area contributed by atoms with Crippen LogP contribution in [0.2, 0.25) is 5.02 Å². The summed E-state index contributed by atoms with van der Waals surface area (Å²) in [5.41, 5.74) is 3.30. The largest absolute Gasteiger partial charge is 0.436 e. The first kappa shape index (κ1) is 19.6. The van der Waals surface area contributed by atoms with Crippen molar-refractivity contribution < 1.29 is 9.21 Å². The molecule has 5 nitrogen and oxygen atoms in total. The molecular weight excluding hydrogens is 474 g/mol. The molecule has 8 heteroatoms. The number of hydrogen-bond acceptors (Lipinski definition) is 4. The van der Waals surface area contributed by atoms with Crippen LogP contribution in [0.25, 0.3) is 22.6 Å². The van der Waals surface area contributed by atoms with Crippen LogP contribution in [0.15, 0.2) is 75.6 Å². The van der Waals surface area contributed by atoms with E-state index < -0.39 is 0 Å². The number of nitrogens with one attached hydrogen (secondary N) is 2. The van der Waals surface area contributed by atoms with Crippen LogP contribution >= 0.6 is 39.7 Å². The molecule has 3 aromatic carbocycles. The minimum absolute atomic E-state index is 0.191. The fourth-order valence-electron chi connectivity index (χ4n) is 2.72. The van der Waals surface area contributed by atoms with Gasteiger partial charge in [0.25, 0.3) is 5.91 Å². The van der Waals surface area contributed by atoms with E-state index in [4.69, 9.17) is 28.2 Å². The normalized spacial score (nSPS) is 10.7. The van der Waals surface area contributed by atoms with Crippen molar-refractivity contribution >= 4 is 67.6 Å². The summed E-state index contributed by atoms with van der Waals surface area (Å²) < 4.78 is 6.61. The van der Waals surface area contributed by atoms with Crippen LogP contribution in [0.1, 0.15) is 10.4 Å². The van der Waals surface area contributed by atoms with Gasteiger partial charge in [-0.15, -0.1) is 0 Å². The van der Waals surface area contributed by atoms with Gasteiger partial charge < -0.3 is 9.73 Å². The van der Waals surface area contributed by atoms with Gasteiger partial charge in [-0.05, 0) is 66.8 Å². The fourth-order valence-corrected chi connectivity index (χ4v) is 3.50. The summed E-state index contributed by atoms with van der Waals surface area (Å²) in [6.45, 7) is 0. The average Bonchev–Trinajstić information content (AvgIpc) is 3.11. The molecule has 0 aliphatic rings. The monoisotopic (exact) mass is 485 g/mol. The molecule has 0 atom stereocenters. The summed E-state index contributed by atoms with van der Waals surface area (Å²) in [7, 11) is 0. The first-order valence-corrected chi connectivity index (χ1v) is 10.1. The molecule has 0 aliphatic carbocycles. The quantitative estimate of drug-likeness (QED) is 0.346. The smallest absolute Gasteiger partial charge is 0.257 e. The maximum absolute atomic E-state index is 12.3. The van der Waals surface area contributed by atoms with Crippen LogP contribution in [0.3, 0.4) is 0 Å². The summed E-state index contributed by atoms with van der Waals surface area (Å²) in [6.07, 6.45) is 0. The van der Waals surface area contributed by atoms with Gasteiger partial charge in [-0.25, -0.2) is 4.98 Å². The van der Waals surface area contributed by atoms with E-state index in [2.05, 4.69) is 31.5 Å². The number of halogens is 2. The predicted octanol–water partition coefficient (Wildman–Crippen LogP) is 6.04. The number of aromatic nitrogens is 1. The number of benzene rings is 3. The molecule has 0 unspecified atom stereocenters. The molecule has 0 saturated heterocycles.